The lowest BCUT2D eigenvalue weighted by Crippen LogP contribution is -2.39. The lowest BCUT2D eigenvalue weighted by molar-refractivity contribution is -0.384. The monoisotopic (exact) mass is 441 g/mol. The number of sulfonamides is 1. The predicted octanol–water partition coefficient (Wildman–Crippen LogP) is 1.95. The topological polar surface area (TPSA) is 90.2 Å². The maximum atomic E-state index is 13.1. The molecule has 1 aromatic rings. The zero-order valence-corrected chi connectivity index (χ0v) is 19.6. The number of nitrogens with zero attached hydrogens (tertiary/aromatic N) is 5. The molecule has 1 atom stereocenters. The Kier molecular flexibility index (Phi) is 8.60. The second-order valence-corrected chi connectivity index (χ2v) is 10.5. The van der Waals surface area contributed by atoms with Gasteiger partial charge in [-0.3, -0.25) is 10.1 Å². The van der Waals surface area contributed by atoms with Crippen LogP contribution >= 0.6 is 0 Å². The normalized spacial score (nSPS) is 18.2. The van der Waals surface area contributed by atoms with Crippen molar-refractivity contribution >= 4 is 21.4 Å². The van der Waals surface area contributed by atoms with Gasteiger partial charge in [0, 0.05) is 45.3 Å². The van der Waals surface area contributed by atoms with E-state index in [0.29, 0.717) is 31.9 Å². The number of nitro groups is 1. The molecule has 0 N–H and O–H groups in total. The average molecular weight is 442 g/mol. The van der Waals surface area contributed by atoms with E-state index in [1.165, 1.54) is 16.4 Å². The Balaban J connectivity index is 2.39. The fraction of sp³-hybridized carbons (Fsp3) is 0.700. The van der Waals surface area contributed by atoms with Crippen LogP contribution in [0.15, 0.2) is 23.1 Å². The molecule has 170 valence electrons. The van der Waals surface area contributed by atoms with Crippen LogP contribution < -0.4 is 4.90 Å². The molecule has 10 heteroatoms. The number of anilines is 1. The van der Waals surface area contributed by atoms with Gasteiger partial charge in [0.15, 0.2) is 0 Å². The molecule has 1 saturated heterocycles. The summed E-state index contributed by atoms with van der Waals surface area (Å²) in [7, 11) is 4.06. The zero-order chi connectivity index (χ0) is 22.5. The van der Waals surface area contributed by atoms with E-state index in [-0.39, 0.29) is 16.5 Å². The van der Waals surface area contributed by atoms with E-state index in [4.69, 9.17) is 0 Å². The van der Waals surface area contributed by atoms with Crippen molar-refractivity contribution in [3.8, 4) is 0 Å². The van der Waals surface area contributed by atoms with Crippen molar-refractivity contribution in [3.63, 3.8) is 0 Å². The number of piperidine rings is 1. The summed E-state index contributed by atoms with van der Waals surface area (Å²) >= 11 is 0. The molecule has 1 aliphatic rings. The molecular weight excluding hydrogens is 406 g/mol. The quantitative estimate of drug-likeness (QED) is 0.405. The minimum atomic E-state index is -3.75. The molecule has 0 amide bonds. The predicted molar refractivity (Wildman–Crippen MR) is 120 cm³/mol. The van der Waals surface area contributed by atoms with Crippen molar-refractivity contribution in [2.45, 2.75) is 24.7 Å². The lowest BCUT2D eigenvalue weighted by Gasteiger charge is -2.30. The largest absolute Gasteiger partial charge is 0.363 e. The van der Waals surface area contributed by atoms with Gasteiger partial charge in [0.05, 0.1) is 9.82 Å². The van der Waals surface area contributed by atoms with E-state index in [1.807, 2.05) is 49.8 Å². The Hall–Kier alpha value is -1.75. The Morgan fingerprint density at radius 2 is 1.70 bits per heavy atom. The van der Waals surface area contributed by atoms with E-state index in [1.54, 1.807) is 6.07 Å². The summed E-state index contributed by atoms with van der Waals surface area (Å²) in [5, 5.41) is 11.9. The maximum absolute atomic E-state index is 13.1. The molecule has 0 unspecified atom stereocenters. The Bertz CT molecular complexity index is 816. The fourth-order valence-electron chi connectivity index (χ4n) is 3.59. The molecule has 1 heterocycles. The Labute approximate surface area is 180 Å². The summed E-state index contributed by atoms with van der Waals surface area (Å²) < 4.78 is 27.6. The molecule has 1 aliphatic heterocycles. The number of hydrogen-bond acceptors (Lipinski definition) is 7. The van der Waals surface area contributed by atoms with Crippen LogP contribution in [0.25, 0.3) is 0 Å². The van der Waals surface area contributed by atoms with Gasteiger partial charge in [0.1, 0.15) is 5.69 Å². The number of rotatable bonds is 10. The molecule has 0 radical (unpaired) electrons. The second kappa shape index (κ2) is 10.5. The van der Waals surface area contributed by atoms with Crippen LogP contribution in [0.2, 0.25) is 0 Å². The summed E-state index contributed by atoms with van der Waals surface area (Å²) in [4.78, 5) is 17.4. The summed E-state index contributed by atoms with van der Waals surface area (Å²) in [5.74, 6) is 0.287. The highest BCUT2D eigenvalue weighted by Crippen LogP contribution is 2.33. The molecule has 0 bridgehead atoms. The number of nitro benzene ring substituents is 1. The summed E-state index contributed by atoms with van der Waals surface area (Å²) in [5.41, 5.74) is 0.285. The van der Waals surface area contributed by atoms with Gasteiger partial charge in [-0.05, 0) is 59.1 Å². The van der Waals surface area contributed by atoms with Crippen molar-refractivity contribution in [1.29, 1.82) is 0 Å². The molecule has 0 aliphatic carbocycles. The molecule has 9 nitrogen and oxygen atoms in total. The standard InChI is InChI=1S/C20H35N5O4S/c1-17-7-6-10-24(16-17)30(28,29)18-8-9-19(20(15-18)25(26)27)23(13-11-21(2)3)14-12-22(4)5/h8-9,15,17H,6-7,10-14,16H2,1-5H3/t17-/m0/s1. The van der Waals surface area contributed by atoms with Crippen LogP contribution in [0.1, 0.15) is 19.8 Å². The zero-order valence-electron chi connectivity index (χ0n) is 18.7. The van der Waals surface area contributed by atoms with Crippen LogP contribution in [0.3, 0.4) is 0 Å². The van der Waals surface area contributed by atoms with Crippen molar-refractivity contribution in [2.24, 2.45) is 5.92 Å². The number of likely N-dealkylation sites (N-methyl/N-ethyl adjacent to an activating group) is 2. The van der Waals surface area contributed by atoms with Crippen molar-refractivity contribution in [3.05, 3.63) is 28.3 Å². The third kappa shape index (κ3) is 6.37. The highest BCUT2D eigenvalue weighted by atomic mass is 32.2. The first-order valence-corrected chi connectivity index (χ1v) is 11.8. The molecule has 2 rings (SSSR count). The van der Waals surface area contributed by atoms with Gasteiger partial charge in [0.2, 0.25) is 10.0 Å². The molecule has 0 saturated carbocycles. The number of hydrogen-bond donors (Lipinski definition) is 0. The third-order valence-electron chi connectivity index (χ3n) is 5.38. The Morgan fingerprint density at radius 3 is 2.20 bits per heavy atom. The second-order valence-electron chi connectivity index (χ2n) is 8.61. The van der Waals surface area contributed by atoms with Crippen LogP contribution in [-0.4, -0.2) is 94.9 Å². The summed E-state index contributed by atoms with van der Waals surface area (Å²) in [6.45, 7) is 5.62. The molecular formula is C20H35N5O4S. The smallest absolute Gasteiger partial charge is 0.293 e. The summed E-state index contributed by atoms with van der Waals surface area (Å²) in [6.07, 6.45) is 1.81. The molecule has 1 fully saturated rings. The van der Waals surface area contributed by atoms with Crippen LogP contribution in [0, 0.1) is 16.0 Å². The van der Waals surface area contributed by atoms with Crippen LogP contribution in [0.4, 0.5) is 11.4 Å². The van der Waals surface area contributed by atoms with Crippen molar-refractivity contribution < 1.29 is 13.3 Å². The van der Waals surface area contributed by atoms with Crippen molar-refractivity contribution in [2.75, 3.05) is 72.4 Å². The maximum Gasteiger partial charge on any atom is 0.293 e. The highest BCUT2D eigenvalue weighted by molar-refractivity contribution is 7.89. The van der Waals surface area contributed by atoms with E-state index >= 15 is 0 Å². The van der Waals surface area contributed by atoms with Gasteiger partial charge in [0.25, 0.3) is 5.69 Å². The Morgan fingerprint density at radius 1 is 1.10 bits per heavy atom. The molecule has 0 spiro atoms. The third-order valence-corrected chi connectivity index (χ3v) is 7.24. The van der Waals surface area contributed by atoms with E-state index in [0.717, 1.165) is 25.9 Å². The van der Waals surface area contributed by atoms with Gasteiger partial charge in [-0.25, -0.2) is 8.42 Å². The number of benzene rings is 1. The van der Waals surface area contributed by atoms with Gasteiger partial charge in [-0.1, -0.05) is 6.92 Å². The first-order valence-electron chi connectivity index (χ1n) is 10.4. The lowest BCUT2D eigenvalue weighted by atomic mass is 10.0. The average Bonchev–Trinajstić information content (AvgIpc) is 2.67. The summed E-state index contributed by atoms with van der Waals surface area (Å²) in [6, 6.07) is 4.32. The van der Waals surface area contributed by atoms with Gasteiger partial charge in [-0.2, -0.15) is 4.31 Å². The minimum Gasteiger partial charge on any atom is -0.363 e. The van der Waals surface area contributed by atoms with Crippen molar-refractivity contribution in [1.82, 2.24) is 14.1 Å². The SMILES string of the molecule is C[C@H]1CCCN(S(=O)(=O)c2ccc(N(CCN(C)C)CCN(C)C)c([N+](=O)[O-])c2)C1. The minimum absolute atomic E-state index is 0.00720. The van der Waals surface area contributed by atoms with Gasteiger partial charge in [-0.15, -0.1) is 0 Å². The van der Waals surface area contributed by atoms with Crippen LogP contribution in [-0.2, 0) is 10.0 Å². The van der Waals surface area contributed by atoms with E-state index in [9.17, 15) is 18.5 Å². The first-order chi connectivity index (χ1) is 14.0. The first kappa shape index (κ1) is 24.5. The highest BCUT2D eigenvalue weighted by Gasteiger charge is 2.31. The molecule has 1 aromatic carbocycles. The van der Waals surface area contributed by atoms with Gasteiger partial charge >= 0.3 is 0 Å². The van der Waals surface area contributed by atoms with E-state index < -0.39 is 14.9 Å². The molecule has 30 heavy (non-hydrogen) atoms. The fourth-order valence-corrected chi connectivity index (χ4v) is 5.20. The van der Waals surface area contributed by atoms with Gasteiger partial charge < -0.3 is 14.7 Å². The molecule has 0 aromatic heterocycles. The van der Waals surface area contributed by atoms with Crippen LogP contribution in [0.5, 0.6) is 0 Å². The van der Waals surface area contributed by atoms with E-state index in [2.05, 4.69) is 0 Å².